The van der Waals surface area contributed by atoms with Crippen LogP contribution in [0.2, 0.25) is 0 Å². The molecule has 0 unspecified atom stereocenters. The van der Waals surface area contributed by atoms with Crippen molar-refractivity contribution in [1.82, 2.24) is 9.97 Å². The monoisotopic (exact) mass is 239 g/mol. The number of aromatic nitrogens is 2. The molecule has 0 saturated carbocycles. The molecule has 0 spiro atoms. The third-order valence-corrected chi connectivity index (χ3v) is 3.14. The Labute approximate surface area is 105 Å². The lowest BCUT2D eigenvalue weighted by Crippen LogP contribution is -2.35. The number of rotatable bonds is 1. The van der Waals surface area contributed by atoms with Crippen molar-refractivity contribution in [3.8, 4) is 0 Å². The number of benzene rings is 1. The zero-order valence-corrected chi connectivity index (χ0v) is 9.91. The summed E-state index contributed by atoms with van der Waals surface area (Å²) in [7, 11) is 0. The molecule has 1 amide bonds. The van der Waals surface area contributed by atoms with Gasteiger partial charge in [0.2, 0.25) is 0 Å². The zero-order chi connectivity index (χ0) is 12.4. The van der Waals surface area contributed by atoms with Crippen LogP contribution in [0.15, 0.2) is 42.9 Å². The van der Waals surface area contributed by atoms with Gasteiger partial charge in [-0.05, 0) is 24.5 Å². The average molecular weight is 239 g/mol. The number of hydrogen-bond donors (Lipinski definition) is 0. The predicted octanol–water partition coefficient (Wildman–Crippen LogP) is 2.07. The molecule has 2 heterocycles. The van der Waals surface area contributed by atoms with Gasteiger partial charge < -0.3 is 4.90 Å². The lowest BCUT2D eigenvalue weighted by atomic mass is 10.0. The van der Waals surface area contributed by atoms with Gasteiger partial charge in [0.1, 0.15) is 5.69 Å². The molecular formula is C14H13N3O. The highest BCUT2D eigenvalue weighted by molar-refractivity contribution is 6.05. The van der Waals surface area contributed by atoms with Gasteiger partial charge >= 0.3 is 0 Å². The van der Waals surface area contributed by atoms with Crippen molar-refractivity contribution in [3.05, 3.63) is 54.1 Å². The summed E-state index contributed by atoms with van der Waals surface area (Å²) in [5.41, 5.74) is 2.62. The molecule has 1 aliphatic heterocycles. The van der Waals surface area contributed by atoms with E-state index in [0.717, 1.165) is 25.1 Å². The molecule has 4 heteroatoms. The summed E-state index contributed by atoms with van der Waals surface area (Å²) >= 11 is 0. The molecule has 1 aromatic heterocycles. The Morgan fingerprint density at radius 1 is 1.22 bits per heavy atom. The first-order chi connectivity index (χ1) is 8.86. The van der Waals surface area contributed by atoms with E-state index >= 15 is 0 Å². The lowest BCUT2D eigenvalue weighted by molar-refractivity contribution is 0.0980. The number of nitrogens with zero attached hydrogens (tertiary/aromatic N) is 3. The van der Waals surface area contributed by atoms with Crippen LogP contribution < -0.4 is 4.90 Å². The first kappa shape index (κ1) is 10.9. The molecule has 18 heavy (non-hydrogen) atoms. The van der Waals surface area contributed by atoms with E-state index in [4.69, 9.17) is 0 Å². The first-order valence-corrected chi connectivity index (χ1v) is 6.02. The Morgan fingerprint density at radius 2 is 2.11 bits per heavy atom. The van der Waals surface area contributed by atoms with Crippen LogP contribution in [-0.4, -0.2) is 22.4 Å². The van der Waals surface area contributed by atoms with Gasteiger partial charge in [0.05, 0.1) is 6.20 Å². The fourth-order valence-electron chi connectivity index (χ4n) is 2.29. The van der Waals surface area contributed by atoms with Crippen LogP contribution in [0, 0.1) is 0 Å². The summed E-state index contributed by atoms with van der Waals surface area (Å²) in [6.45, 7) is 0.742. The molecule has 90 valence electrons. The standard InChI is InChI=1S/C14H13N3O/c18-14(12-10-15-7-8-16-12)17-9-3-5-11-4-1-2-6-13(11)17/h1-2,4,6-8,10H,3,5,9H2. The lowest BCUT2D eigenvalue weighted by Gasteiger charge is -2.29. The summed E-state index contributed by atoms with van der Waals surface area (Å²) in [5, 5.41) is 0. The highest BCUT2D eigenvalue weighted by Crippen LogP contribution is 2.27. The van der Waals surface area contributed by atoms with Gasteiger partial charge in [-0.15, -0.1) is 0 Å². The molecule has 0 radical (unpaired) electrons. The predicted molar refractivity (Wildman–Crippen MR) is 68.5 cm³/mol. The number of amides is 1. The Morgan fingerprint density at radius 3 is 2.94 bits per heavy atom. The van der Waals surface area contributed by atoms with E-state index in [-0.39, 0.29) is 5.91 Å². The number of anilines is 1. The van der Waals surface area contributed by atoms with Crippen molar-refractivity contribution in [2.75, 3.05) is 11.4 Å². The number of aryl methyl sites for hydroxylation is 1. The molecule has 4 nitrogen and oxygen atoms in total. The second-order valence-electron chi connectivity index (χ2n) is 4.28. The third kappa shape index (κ3) is 1.86. The number of fused-ring (bicyclic) bond motifs is 1. The molecular weight excluding hydrogens is 226 g/mol. The van der Waals surface area contributed by atoms with Crippen molar-refractivity contribution < 1.29 is 4.79 Å². The van der Waals surface area contributed by atoms with Crippen LogP contribution in [0.3, 0.4) is 0 Å². The Bertz CT molecular complexity index is 568. The van der Waals surface area contributed by atoms with E-state index in [2.05, 4.69) is 16.0 Å². The second-order valence-corrected chi connectivity index (χ2v) is 4.28. The largest absolute Gasteiger partial charge is 0.307 e. The van der Waals surface area contributed by atoms with Crippen LogP contribution in [0.5, 0.6) is 0 Å². The number of carbonyl (C=O) groups excluding carboxylic acids is 1. The van der Waals surface area contributed by atoms with Gasteiger partial charge in [-0.2, -0.15) is 0 Å². The first-order valence-electron chi connectivity index (χ1n) is 6.02. The molecule has 0 saturated heterocycles. The van der Waals surface area contributed by atoms with Crippen LogP contribution in [0.4, 0.5) is 5.69 Å². The maximum absolute atomic E-state index is 12.4. The fraction of sp³-hybridized carbons (Fsp3) is 0.214. The molecule has 3 rings (SSSR count). The van der Waals surface area contributed by atoms with E-state index in [9.17, 15) is 4.79 Å². The summed E-state index contributed by atoms with van der Waals surface area (Å²) in [6, 6.07) is 8.03. The normalized spacial score (nSPS) is 14.1. The van der Waals surface area contributed by atoms with Crippen molar-refractivity contribution in [2.24, 2.45) is 0 Å². The minimum absolute atomic E-state index is 0.0738. The Hall–Kier alpha value is -2.23. The average Bonchev–Trinajstić information content (AvgIpc) is 2.47. The van der Waals surface area contributed by atoms with Crippen molar-refractivity contribution in [2.45, 2.75) is 12.8 Å². The smallest absolute Gasteiger partial charge is 0.278 e. The van der Waals surface area contributed by atoms with E-state index in [1.54, 1.807) is 17.3 Å². The van der Waals surface area contributed by atoms with Crippen LogP contribution in [0.25, 0.3) is 0 Å². The summed E-state index contributed by atoms with van der Waals surface area (Å²) in [4.78, 5) is 22.2. The van der Waals surface area contributed by atoms with Crippen LogP contribution in [-0.2, 0) is 6.42 Å². The Balaban J connectivity index is 1.97. The van der Waals surface area contributed by atoms with E-state index < -0.39 is 0 Å². The summed E-state index contributed by atoms with van der Waals surface area (Å²) in [6.07, 6.45) is 6.65. The highest BCUT2D eigenvalue weighted by Gasteiger charge is 2.23. The molecule has 1 aromatic carbocycles. The molecule has 0 atom stereocenters. The third-order valence-electron chi connectivity index (χ3n) is 3.14. The number of carbonyl (C=O) groups is 1. The van der Waals surface area contributed by atoms with Crippen molar-refractivity contribution in [1.29, 1.82) is 0 Å². The maximum atomic E-state index is 12.4. The van der Waals surface area contributed by atoms with Gasteiger partial charge in [0.25, 0.3) is 5.91 Å². The molecule has 0 bridgehead atoms. The second kappa shape index (κ2) is 4.56. The minimum Gasteiger partial charge on any atom is -0.307 e. The topological polar surface area (TPSA) is 46.1 Å². The number of para-hydroxylation sites is 1. The molecule has 0 aliphatic carbocycles. The van der Waals surface area contributed by atoms with Crippen LogP contribution >= 0.6 is 0 Å². The van der Waals surface area contributed by atoms with Gasteiger partial charge in [-0.25, -0.2) is 4.98 Å². The Kier molecular flexibility index (Phi) is 2.76. The zero-order valence-electron chi connectivity index (χ0n) is 9.91. The molecule has 1 aliphatic rings. The summed E-state index contributed by atoms with van der Waals surface area (Å²) < 4.78 is 0. The maximum Gasteiger partial charge on any atom is 0.278 e. The SMILES string of the molecule is O=C(c1cnccn1)N1CCCc2ccccc21. The number of hydrogen-bond acceptors (Lipinski definition) is 3. The van der Waals surface area contributed by atoms with Gasteiger partial charge in [-0.1, -0.05) is 18.2 Å². The van der Waals surface area contributed by atoms with E-state index in [1.165, 1.54) is 11.8 Å². The summed E-state index contributed by atoms with van der Waals surface area (Å²) in [5.74, 6) is -0.0738. The minimum atomic E-state index is -0.0738. The highest BCUT2D eigenvalue weighted by atomic mass is 16.2. The van der Waals surface area contributed by atoms with E-state index in [1.807, 2.05) is 18.2 Å². The quantitative estimate of drug-likeness (QED) is 0.765. The molecule has 2 aromatic rings. The molecule has 0 fully saturated rings. The van der Waals surface area contributed by atoms with E-state index in [0.29, 0.717) is 5.69 Å². The van der Waals surface area contributed by atoms with Crippen molar-refractivity contribution >= 4 is 11.6 Å². The fourth-order valence-corrected chi connectivity index (χ4v) is 2.29. The van der Waals surface area contributed by atoms with Gasteiger partial charge in [0.15, 0.2) is 0 Å². The van der Waals surface area contributed by atoms with Gasteiger partial charge in [0, 0.05) is 24.6 Å². The van der Waals surface area contributed by atoms with Gasteiger partial charge in [-0.3, -0.25) is 9.78 Å². The van der Waals surface area contributed by atoms with Crippen LogP contribution in [0.1, 0.15) is 22.5 Å². The van der Waals surface area contributed by atoms with Crippen molar-refractivity contribution in [3.63, 3.8) is 0 Å². The molecule has 0 N–H and O–H groups in total.